The van der Waals surface area contributed by atoms with Crippen molar-refractivity contribution < 1.29 is 13.9 Å². The third-order valence-electron chi connectivity index (χ3n) is 5.54. The van der Waals surface area contributed by atoms with E-state index in [9.17, 15) is 4.39 Å². The molecule has 0 bridgehead atoms. The van der Waals surface area contributed by atoms with Crippen LogP contribution in [0.5, 0.6) is 0 Å². The van der Waals surface area contributed by atoms with Crippen molar-refractivity contribution in [1.82, 2.24) is 5.32 Å². The molecule has 30 heavy (non-hydrogen) atoms. The summed E-state index contributed by atoms with van der Waals surface area (Å²) in [6.07, 6.45) is 0.523. The third-order valence-corrected chi connectivity index (χ3v) is 5.79. The Hall–Kier alpha value is -2.24. The van der Waals surface area contributed by atoms with Crippen molar-refractivity contribution in [2.24, 2.45) is 0 Å². The van der Waals surface area contributed by atoms with E-state index in [1.165, 1.54) is 12.1 Å². The van der Waals surface area contributed by atoms with Crippen LogP contribution in [0.15, 0.2) is 78.9 Å². The molecule has 3 aromatic carbocycles. The lowest BCUT2D eigenvalue weighted by molar-refractivity contribution is -0.176. The molecule has 1 aliphatic rings. The number of hydrogen-bond acceptors (Lipinski definition) is 3. The number of halogens is 2. The van der Waals surface area contributed by atoms with Gasteiger partial charge in [0.05, 0.1) is 13.2 Å². The molecule has 4 rings (SSSR count). The maximum Gasteiger partial charge on any atom is 0.123 e. The van der Waals surface area contributed by atoms with E-state index in [2.05, 4.69) is 17.4 Å². The van der Waals surface area contributed by atoms with Crippen LogP contribution in [0.1, 0.15) is 23.1 Å². The topological polar surface area (TPSA) is 30.5 Å². The number of ether oxygens (including phenoxy) is 2. The highest BCUT2D eigenvalue weighted by Crippen LogP contribution is 2.38. The van der Waals surface area contributed by atoms with Gasteiger partial charge in [0.15, 0.2) is 0 Å². The van der Waals surface area contributed by atoms with Gasteiger partial charge in [-0.15, -0.1) is 0 Å². The molecule has 0 radical (unpaired) electrons. The fraction of sp³-hybridized carbons (Fsp3) is 0.280. The smallest absolute Gasteiger partial charge is 0.123 e. The summed E-state index contributed by atoms with van der Waals surface area (Å²) in [7, 11) is 0. The fourth-order valence-electron chi connectivity index (χ4n) is 3.95. The lowest BCUT2D eigenvalue weighted by Crippen LogP contribution is -2.54. The van der Waals surface area contributed by atoms with Crippen molar-refractivity contribution in [3.8, 4) is 0 Å². The number of nitrogens with one attached hydrogen (secondary N) is 1. The Morgan fingerprint density at radius 1 is 0.933 bits per heavy atom. The monoisotopic (exact) mass is 425 g/mol. The van der Waals surface area contributed by atoms with Gasteiger partial charge in [-0.25, -0.2) is 4.39 Å². The van der Waals surface area contributed by atoms with Gasteiger partial charge in [0.2, 0.25) is 0 Å². The number of hydrogen-bond donors (Lipinski definition) is 1. The second kappa shape index (κ2) is 9.71. The summed E-state index contributed by atoms with van der Waals surface area (Å²) in [5.41, 5.74) is 2.31. The summed E-state index contributed by atoms with van der Waals surface area (Å²) in [6, 6.07) is 24.4. The van der Waals surface area contributed by atoms with E-state index < -0.39 is 5.60 Å². The van der Waals surface area contributed by atoms with Gasteiger partial charge in [-0.2, -0.15) is 0 Å². The van der Waals surface area contributed by atoms with Crippen LogP contribution < -0.4 is 5.32 Å². The highest BCUT2D eigenvalue weighted by atomic mass is 35.5. The molecule has 2 atom stereocenters. The second-order valence-electron chi connectivity index (χ2n) is 7.55. The molecular weight excluding hydrogens is 401 g/mol. The lowest BCUT2D eigenvalue weighted by Gasteiger charge is -2.44. The molecule has 5 heteroatoms. The van der Waals surface area contributed by atoms with Gasteiger partial charge < -0.3 is 14.8 Å². The SMILES string of the molecule is Fc1cccc(CO[C@H]2CNCC[C@@]2(OCc2ccccc2)c2ccc(Cl)cc2)c1. The average molecular weight is 426 g/mol. The van der Waals surface area contributed by atoms with E-state index in [1.54, 1.807) is 6.07 Å². The highest BCUT2D eigenvalue weighted by Gasteiger charge is 2.44. The molecule has 0 aromatic heterocycles. The molecule has 3 aromatic rings. The maximum atomic E-state index is 13.6. The van der Waals surface area contributed by atoms with Crippen LogP contribution >= 0.6 is 11.6 Å². The van der Waals surface area contributed by atoms with E-state index in [0.717, 1.165) is 29.7 Å². The van der Waals surface area contributed by atoms with E-state index in [4.69, 9.17) is 21.1 Å². The zero-order chi connectivity index (χ0) is 20.8. The Kier molecular flexibility index (Phi) is 6.80. The molecule has 1 N–H and O–H groups in total. The molecule has 0 unspecified atom stereocenters. The zero-order valence-corrected chi connectivity index (χ0v) is 17.4. The third kappa shape index (κ3) is 4.90. The summed E-state index contributed by atoms with van der Waals surface area (Å²) in [4.78, 5) is 0. The molecule has 156 valence electrons. The summed E-state index contributed by atoms with van der Waals surface area (Å²) in [6.45, 7) is 2.25. The minimum Gasteiger partial charge on any atom is -0.369 e. The molecule has 0 saturated carbocycles. The number of piperidine rings is 1. The van der Waals surface area contributed by atoms with Crippen LogP contribution in [-0.2, 0) is 28.3 Å². The molecule has 1 aliphatic heterocycles. The molecule has 0 spiro atoms. The zero-order valence-electron chi connectivity index (χ0n) is 16.7. The van der Waals surface area contributed by atoms with Gasteiger partial charge in [-0.3, -0.25) is 0 Å². The minimum absolute atomic E-state index is 0.237. The first-order valence-corrected chi connectivity index (χ1v) is 10.5. The highest BCUT2D eigenvalue weighted by molar-refractivity contribution is 6.30. The normalized spacial score (nSPS) is 21.5. The molecule has 1 saturated heterocycles. The molecule has 1 fully saturated rings. The molecular formula is C25H25ClFNO2. The Labute approximate surface area is 181 Å². The van der Waals surface area contributed by atoms with Crippen molar-refractivity contribution in [2.75, 3.05) is 13.1 Å². The predicted molar refractivity (Wildman–Crippen MR) is 117 cm³/mol. The fourth-order valence-corrected chi connectivity index (χ4v) is 4.07. The summed E-state index contributed by atoms with van der Waals surface area (Å²) < 4.78 is 26.5. The summed E-state index contributed by atoms with van der Waals surface area (Å²) in [5.74, 6) is -0.262. The Balaban J connectivity index is 1.61. The predicted octanol–water partition coefficient (Wildman–Crippen LogP) is 5.47. The van der Waals surface area contributed by atoms with Crippen LogP contribution in [-0.4, -0.2) is 19.2 Å². The largest absolute Gasteiger partial charge is 0.369 e. The van der Waals surface area contributed by atoms with Crippen LogP contribution in [0.4, 0.5) is 4.39 Å². The van der Waals surface area contributed by atoms with E-state index >= 15 is 0 Å². The number of benzene rings is 3. The van der Waals surface area contributed by atoms with Crippen molar-refractivity contribution in [1.29, 1.82) is 0 Å². The van der Waals surface area contributed by atoms with Gasteiger partial charge in [-0.05, 0) is 53.9 Å². The first kappa shape index (κ1) is 21.0. The van der Waals surface area contributed by atoms with Crippen LogP contribution in [0.3, 0.4) is 0 Å². The molecule has 3 nitrogen and oxygen atoms in total. The van der Waals surface area contributed by atoms with Crippen LogP contribution in [0.25, 0.3) is 0 Å². The van der Waals surface area contributed by atoms with E-state index in [0.29, 0.717) is 24.8 Å². The van der Waals surface area contributed by atoms with Crippen molar-refractivity contribution in [3.63, 3.8) is 0 Å². The molecule has 0 aliphatic carbocycles. The van der Waals surface area contributed by atoms with Crippen molar-refractivity contribution in [3.05, 3.63) is 106 Å². The Bertz CT molecular complexity index is 951. The average Bonchev–Trinajstić information content (AvgIpc) is 2.78. The standard InChI is InChI=1S/C25H25ClFNO2/c26-22-11-9-21(10-12-22)25(30-18-19-5-2-1-3-6-19)13-14-28-16-24(25)29-17-20-7-4-8-23(27)15-20/h1-12,15,24,28H,13-14,16-18H2/t24-,25+/m0/s1. The van der Waals surface area contributed by atoms with Gasteiger partial charge in [0, 0.05) is 11.6 Å². The van der Waals surface area contributed by atoms with Crippen molar-refractivity contribution >= 4 is 11.6 Å². The van der Waals surface area contributed by atoms with Crippen LogP contribution in [0, 0.1) is 5.82 Å². The van der Waals surface area contributed by atoms with Gasteiger partial charge in [-0.1, -0.05) is 66.2 Å². The van der Waals surface area contributed by atoms with Gasteiger partial charge >= 0.3 is 0 Å². The maximum absolute atomic E-state index is 13.6. The van der Waals surface area contributed by atoms with E-state index in [1.807, 2.05) is 48.5 Å². The Morgan fingerprint density at radius 2 is 1.70 bits per heavy atom. The van der Waals surface area contributed by atoms with Gasteiger partial charge in [0.25, 0.3) is 0 Å². The Morgan fingerprint density at radius 3 is 2.47 bits per heavy atom. The lowest BCUT2D eigenvalue weighted by atomic mass is 9.82. The summed E-state index contributed by atoms with van der Waals surface area (Å²) >= 11 is 6.14. The second-order valence-corrected chi connectivity index (χ2v) is 7.99. The molecule has 0 amide bonds. The van der Waals surface area contributed by atoms with Gasteiger partial charge in [0.1, 0.15) is 17.5 Å². The minimum atomic E-state index is -0.626. The summed E-state index contributed by atoms with van der Waals surface area (Å²) in [5, 5.41) is 4.09. The first-order valence-electron chi connectivity index (χ1n) is 10.2. The quantitative estimate of drug-likeness (QED) is 0.544. The van der Waals surface area contributed by atoms with Crippen molar-refractivity contribution in [2.45, 2.75) is 31.3 Å². The molecule has 1 heterocycles. The van der Waals surface area contributed by atoms with Crippen LogP contribution in [0.2, 0.25) is 5.02 Å². The number of rotatable bonds is 7. The van der Waals surface area contributed by atoms with E-state index in [-0.39, 0.29) is 11.9 Å². The first-order chi connectivity index (χ1) is 14.7.